The fourth-order valence-electron chi connectivity index (χ4n) is 2.52. The largest absolute Gasteiger partial charge is 0.323 e. The number of aromatic nitrogens is 5. The summed E-state index contributed by atoms with van der Waals surface area (Å²) < 4.78 is 1.89. The lowest BCUT2D eigenvalue weighted by atomic mass is 10.3. The summed E-state index contributed by atoms with van der Waals surface area (Å²) in [5.74, 6) is 0.627. The molecule has 0 unspecified atom stereocenters. The molecule has 1 fully saturated rings. The second-order valence-electron chi connectivity index (χ2n) is 6.08. The summed E-state index contributed by atoms with van der Waals surface area (Å²) in [7, 11) is 0. The third-order valence-electron chi connectivity index (χ3n) is 3.93. The molecule has 0 atom stereocenters. The first kappa shape index (κ1) is 14.6. The van der Waals surface area contributed by atoms with E-state index in [-0.39, 0.29) is 12.3 Å². The van der Waals surface area contributed by atoms with Crippen molar-refractivity contribution < 1.29 is 4.79 Å². The van der Waals surface area contributed by atoms with Gasteiger partial charge in [0.05, 0.1) is 35.9 Å². The Morgan fingerprint density at radius 1 is 1.17 bits per heavy atom. The van der Waals surface area contributed by atoms with E-state index in [1.807, 2.05) is 41.2 Å². The minimum atomic E-state index is -0.124. The predicted octanol–water partition coefficient (Wildman–Crippen LogP) is 2.05. The smallest absolute Gasteiger partial charge is 0.230 e. The van der Waals surface area contributed by atoms with Crippen LogP contribution in [0.3, 0.4) is 0 Å². The van der Waals surface area contributed by atoms with E-state index in [0.717, 1.165) is 23.8 Å². The average Bonchev–Trinajstić information content (AvgIpc) is 3.09. The quantitative estimate of drug-likeness (QED) is 0.753. The maximum atomic E-state index is 12.1. The van der Waals surface area contributed by atoms with Gasteiger partial charge < -0.3 is 5.32 Å². The molecule has 3 aromatic rings. The van der Waals surface area contributed by atoms with Gasteiger partial charge in [-0.25, -0.2) is 0 Å². The van der Waals surface area contributed by atoms with Crippen LogP contribution in [0.25, 0.3) is 5.69 Å². The Labute approximate surface area is 139 Å². The third-order valence-corrected chi connectivity index (χ3v) is 3.93. The molecule has 122 valence electrons. The molecule has 4 rings (SSSR count). The number of nitrogens with zero attached hydrogens (tertiary/aromatic N) is 5. The van der Waals surface area contributed by atoms with Gasteiger partial charge in [0, 0.05) is 12.7 Å². The van der Waals surface area contributed by atoms with Gasteiger partial charge in [-0.1, -0.05) is 18.2 Å². The number of carbonyl (C=O) groups is 1. The van der Waals surface area contributed by atoms with Crippen molar-refractivity contribution in [1.82, 2.24) is 24.8 Å². The number of benzene rings is 1. The van der Waals surface area contributed by atoms with Gasteiger partial charge in [-0.2, -0.15) is 20.1 Å². The maximum absolute atomic E-state index is 12.1. The van der Waals surface area contributed by atoms with E-state index in [1.165, 1.54) is 17.6 Å². The highest BCUT2D eigenvalue weighted by Gasteiger charge is 2.22. The molecule has 7 nitrogen and oxygen atoms in total. The number of amides is 1. The summed E-state index contributed by atoms with van der Waals surface area (Å²) in [4.78, 5) is 13.7. The first-order valence-electron chi connectivity index (χ1n) is 8.05. The number of anilines is 1. The highest BCUT2D eigenvalue weighted by molar-refractivity contribution is 5.91. The summed E-state index contributed by atoms with van der Waals surface area (Å²) in [6.07, 6.45) is 7.90. The van der Waals surface area contributed by atoms with Crippen LogP contribution in [-0.4, -0.2) is 30.7 Å². The van der Waals surface area contributed by atoms with E-state index in [1.54, 1.807) is 12.4 Å². The normalized spacial score (nSPS) is 13.8. The van der Waals surface area contributed by atoms with Crippen LogP contribution in [0.15, 0.2) is 48.9 Å². The lowest BCUT2D eigenvalue weighted by Crippen LogP contribution is -2.14. The molecular formula is C17H18N6O. The molecular weight excluding hydrogens is 304 g/mol. The monoisotopic (exact) mass is 322 g/mol. The molecule has 0 radical (unpaired) electrons. The molecule has 2 aromatic heterocycles. The fourth-order valence-corrected chi connectivity index (χ4v) is 2.52. The van der Waals surface area contributed by atoms with E-state index in [4.69, 9.17) is 0 Å². The fraction of sp³-hybridized carbons (Fsp3) is 0.294. The second kappa shape index (κ2) is 6.27. The van der Waals surface area contributed by atoms with Crippen molar-refractivity contribution in [1.29, 1.82) is 0 Å². The van der Waals surface area contributed by atoms with Crippen LogP contribution in [0.1, 0.15) is 18.5 Å². The van der Waals surface area contributed by atoms with Crippen molar-refractivity contribution in [2.45, 2.75) is 25.8 Å². The van der Waals surface area contributed by atoms with Gasteiger partial charge in [0.1, 0.15) is 0 Å². The lowest BCUT2D eigenvalue weighted by Gasteiger charge is -2.00. The molecule has 24 heavy (non-hydrogen) atoms. The molecule has 0 saturated heterocycles. The maximum Gasteiger partial charge on any atom is 0.230 e. The van der Waals surface area contributed by atoms with Gasteiger partial charge in [-0.05, 0) is 30.9 Å². The number of nitrogens with one attached hydrogen (secondary N) is 1. The number of carbonyl (C=O) groups excluding carboxylic acids is 1. The van der Waals surface area contributed by atoms with Crippen molar-refractivity contribution in [2.75, 3.05) is 5.32 Å². The van der Waals surface area contributed by atoms with Gasteiger partial charge in [0.15, 0.2) is 0 Å². The minimum Gasteiger partial charge on any atom is -0.323 e. The zero-order valence-corrected chi connectivity index (χ0v) is 13.2. The van der Waals surface area contributed by atoms with E-state index >= 15 is 0 Å². The molecule has 1 N–H and O–H groups in total. The lowest BCUT2D eigenvalue weighted by molar-refractivity contribution is -0.115. The Balaban J connectivity index is 1.35. The summed E-state index contributed by atoms with van der Waals surface area (Å²) in [6.45, 7) is 0.932. The van der Waals surface area contributed by atoms with Crippen LogP contribution in [0.4, 0.5) is 5.69 Å². The van der Waals surface area contributed by atoms with E-state index in [0.29, 0.717) is 5.69 Å². The topological polar surface area (TPSA) is 77.6 Å². The van der Waals surface area contributed by atoms with Crippen molar-refractivity contribution >= 4 is 11.6 Å². The SMILES string of the molecule is O=C(Cc1cnn(-c2ccccc2)n1)Nc1cnn(CC2CC2)c1. The molecule has 7 heteroatoms. The zero-order chi connectivity index (χ0) is 16.4. The highest BCUT2D eigenvalue weighted by Crippen LogP contribution is 2.30. The van der Waals surface area contributed by atoms with Gasteiger partial charge >= 0.3 is 0 Å². The van der Waals surface area contributed by atoms with E-state index in [2.05, 4.69) is 20.6 Å². The third kappa shape index (κ3) is 3.51. The van der Waals surface area contributed by atoms with Crippen molar-refractivity contribution in [3.05, 3.63) is 54.6 Å². The minimum absolute atomic E-state index is 0.124. The van der Waals surface area contributed by atoms with Crippen LogP contribution in [-0.2, 0) is 17.8 Å². The van der Waals surface area contributed by atoms with Crippen molar-refractivity contribution in [2.24, 2.45) is 5.92 Å². The van der Waals surface area contributed by atoms with Crippen LogP contribution in [0.5, 0.6) is 0 Å². The zero-order valence-electron chi connectivity index (χ0n) is 13.2. The average molecular weight is 322 g/mol. The molecule has 1 saturated carbocycles. The Kier molecular flexibility index (Phi) is 3.82. The highest BCUT2D eigenvalue weighted by atomic mass is 16.1. The summed E-state index contributed by atoms with van der Waals surface area (Å²) in [5.41, 5.74) is 2.21. The molecule has 0 aliphatic heterocycles. The Bertz CT molecular complexity index is 834. The van der Waals surface area contributed by atoms with Gasteiger partial charge in [0.2, 0.25) is 5.91 Å². The number of hydrogen-bond acceptors (Lipinski definition) is 4. The predicted molar refractivity (Wildman–Crippen MR) is 88.6 cm³/mol. The molecule has 0 spiro atoms. The van der Waals surface area contributed by atoms with E-state index < -0.39 is 0 Å². The molecule has 1 aliphatic carbocycles. The summed E-state index contributed by atoms with van der Waals surface area (Å²) in [5, 5.41) is 15.7. The first-order valence-corrected chi connectivity index (χ1v) is 8.05. The Morgan fingerprint density at radius 3 is 2.79 bits per heavy atom. The van der Waals surface area contributed by atoms with Gasteiger partial charge in [-0.15, -0.1) is 0 Å². The molecule has 2 heterocycles. The van der Waals surface area contributed by atoms with Crippen molar-refractivity contribution in [3.63, 3.8) is 0 Å². The number of rotatable bonds is 6. The second-order valence-corrected chi connectivity index (χ2v) is 6.08. The molecule has 1 aliphatic rings. The van der Waals surface area contributed by atoms with Gasteiger partial charge in [0.25, 0.3) is 0 Å². The van der Waals surface area contributed by atoms with Crippen LogP contribution in [0, 0.1) is 5.92 Å². The Morgan fingerprint density at radius 2 is 2.00 bits per heavy atom. The van der Waals surface area contributed by atoms with E-state index in [9.17, 15) is 4.79 Å². The number of para-hydroxylation sites is 1. The van der Waals surface area contributed by atoms with Crippen LogP contribution < -0.4 is 5.32 Å². The van der Waals surface area contributed by atoms with Gasteiger partial charge in [-0.3, -0.25) is 9.48 Å². The number of hydrogen-bond donors (Lipinski definition) is 1. The van der Waals surface area contributed by atoms with Crippen molar-refractivity contribution in [3.8, 4) is 5.69 Å². The summed E-state index contributed by atoms with van der Waals surface area (Å²) >= 11 is 0. The molecule has 1 aromatic carbocycles. The van der Waals surface area contributed by atoms with Crippen LogP contribution in [0.2, 0.25) is 0 Å². The van der Waals surface area contributed by atoms with Crippen LogP contribution >= 0.6 is 0 Å². The molecule has 1 amide bonds. The summed E-state index contributed by atoms with van der Waals surface area (Å²) in [6, 6.07) is 9.61. The first-order chi connectivity index (χ1) is 11.8. The molecule has 0 bridgehead atoms. The standard InChI is InChI=1S/C17H18N6O/c24-17(20-15-10-18-22(12-15)11-13-6-7-13)8-14-9-19-23(21-14)16-4-2-1-3-5-16/h1-5,9-10,12-13H,6-8,11H2,(H,20,24). The Hall–Kier alpha value is -2.96.